The summed E-state index contributed by atoms with van der Waals surface area (Å²) in [4.78, 5) is 13.3. The van der Waals surface area contributed by atoms with Gasteiger partial charge in [0.05, 0.1) is 11.4 Å². The number of terminal acetylenes is 1. The second kappa shape index (κ2) is 4.11. The molecule has 1 heterocycles. The third kappa shape index (κ3) is 2.33. The van der Waals surface area contributed by atoms with Crippen molar-refractivity contribution in [2.45, 2.75) is 13.8 Å². The number of thiophene rings is 1. The molecule has 0 saturated carbocycles. The largest absolute Gasteiger partial charge is 0.340 e. The molecule has 3 heteroatoms. The number of aryl methyl sites for hydroxylation is 2. The number of amides is 1. The Bertz CT molecular complexity index is 359. The van der Waals surface area contributed by atoms with Gasteiger partial charge in [-0.3, -0.25) is 4.79 Å². The molecule has 0 aliphatic rings. The summed E-state index contributed by atoms with van der Waals surface area (Å²) in [7, 11) is 0. The SMILES string of the molecule is C#CCNC(=O)c1sc(C)cc1C. The molecule has 0 saturated heterocycles. The van der Waals surface area contributed by atoms with Crippen molar-refractivity contribution < 1.29 is 4.79 Å². The van der Waals surface area contributed by atoms with Crippen LogP contribution >= 0.6 is 11.3 Å². The lowest BCUT2D eigenvalue weighted by Gasteiger charge is -1.98. The lowest BCUT2D eigenvalue weighted by molar-refractivity contribution is 0.0962. The first kappa shape index (κ1) is 9.82. The molecular weight excluding hydrogens is 182 g/mol. The lowest BCUT2D eigenvalue weighted by atomic mass is 10.2. The summed E-state index contributed by atoms with van der Waals surface area (Å²) in [6.07, 6.45) is 5.04. The number of carbonyl (C=O) groups is 1. The number of hydrogen-bond donors (Lipinski definition) is 1. The molecule has 1 rings (SSSR count). The van der Waals surface area contributed by atoms with Crippen molar-refractivity contribution in [2.24, 2.45) is 0 Å². The highest BCUT2D eigenvalue weighted by Gasteiger charge is 2.10. The summed E-state index contributed by atoms with van der Waals surface area (Å²) in [6.45, 7) is 4.19. The summed E-state index contributed by atoms with van der Waals surface area (Å²) < 4.78 is 0. The number of carbonyl (C=O) groups excluding carboxylic acids is 1. The molecule has 2 nitrogen and oxygen atoms in total. The summed E-state index contributed by atoms with van der Waals surface area (Å²) in [6, 6.07) is 2.00. The molecule has 13 heavy (non-hydrogen) atoms. The maximum Gasteiger partial charge on any atom is 0.262 e. The Kier molecular flexibility index (Phi) is 3.10. The minimum absolute atomic E-state index is 0.0754. The van der Waals surface area contributed by atoms with Crippen molar-refractivity contribution in [3.8, 4) is 12.3 Å². The molecule has 0 aromatic carbocycles. The molecular formula is C10H11NOS. The fourth-order valence-corrected chi connectivity index (χ4v) is 2.02. The van der Waals surface area contributed by atoms with Crippen LogP contribution in [0.25, 0.3) is 0 Å². The van der Waals surface area contributed by atoms with Crippen LogP contribution in [-0.4, -0.2) is 12.5 Å². The van der Waals surface area contributed by atoms with E-state index >= 15 is 0 Å². The van der Waals surface area contributed by atoms with Gasteiger partial charge in [-0.2, -0.15) is 0 Å². The third-order valence-corrected chi connectivity index (χ3v) is 2.75. The molecule has 0 bridgehead atoms. The van der Waals surface area contributed by atoms with Gasteiger partial charge in [-0.15, -0.1) is 17.8 Å². The molecule has 0 aliphatic heterocycles. The predicted molar refractivity (Wildman–Crippen MR) is 55.0 cm³/mol. The molecule has 0 spiro atoms. The van der Waals surface area contributed by atoms with Crippen LogP contribution < -0.4 is 5.32 Å². The van der Waals surface area contributed by atoms with E-state index in [2.05, 4.69) is 11.2 Å². The molecule has 0 radical (unpaired) electrons. The summed E-state index contributed by atoms with van der Waals surface area (Å²) in [5, 5.41) is 2.64. The van der Waals surface area contributed by atoms with E-state index in [-0.39, 0.29) is 12.5 Å². The van der Waals surface area contributed by atoms with Gasteiger partial charge in [-0.05, 0) is 25.5 Å². The molecule has 0 atom stereocenters. The van der Waals surface area contributed by atoms with E-state index in [9.17, 15) is 4.79 Å². The van der Waals surface area contributed by atoms with E-state index in [0.717, 1.165) is 15.3 Å². The molecule has 1 N–H and O–H groups in total. The zero-order valence-corrected chi connectivity index (χ0v) is 8.49. The quantitative estimate of drug-likeness (QED) is 0.712. The van der Waals surface area contributed by atoms with Gasteiger partial charge >= 0.3 is 0 Å². The van der Waals surface area contributed by atoms with Gasteiger partial charge in [0, 0.05) is 4.88 Å². The van der Waals surface area contributed by atoms with Crippen LogP contribution in [0.2, 0.25) is 0 Å². The topological polar surface area (TPSA) is 29.1 Å². The maximum atomic E-state index is 11.4. The zero-order chi connectivity index (χ0) is 9.84. The lowest BCUT2D eigenvalue weighted by Crippen LogP contribution is -2.23. The average Bonchev–Trinajstić information content (AvgIpc) is 2.41. The fourth-order valence-electron chi connectivity index (χ4n) is 1.08. The summed E-state index contributed by atoms with van der Waals surface area (Å²) >= 11 is 1.49. The highest BCUT2D eigenvalue weighted by atomic mass is 32.1. The zero-order valence-electron chi connectivity index (χ0n) is 7.68. The number of nitrogens with one attached hydrogen (secondary N) is 1. The van der Waals surface area contributed by atoms with Gasteiger partial charge in [0.25, 0.3) is 5.91 Å². The standard InChI is InChI=1S/C10H11NOS/c1-4-5-11-10(12)9-7(2)6-8(3)13-9/h1,6H,5H2,2-3H3,(H,11,12). The van der Waals surface area contributed by atoms with E-state index in [1.807, 2.05) is 19.9 Å². The minimum Gasteiger partial charge on any atom is -0.340 e. The minimum atomic E-state index is -0.0754. The molecule has 0 unspecified atom stereocenters. The monoisotopic (exact) mass is 193 g/mol. The van der Waals surface area contributed by atoms with Crippen molar-refractivity contribution in [1.29, 1.82) is 0 Å². The Morgan fingerprint density at radius 3 is 2.85 bits per heavy atom. The molecule has 68 valence electrons. The maximum absolute atomic E-state index is 11.4. The Labute approximate surface area is 82.0 Å². The highest BCUT2D eigenvalue weighted by molar-refractivity contribution is 7.14. The van der Waals surface area contributed by atoms with Crippen molar-refractivity contribution in [2.75, 3.05) is 6.54 Å². The number of hydrogen-bond acceptors (Lipinski definition) is 2. The third-order valence-electron chi connectivity index (χ3n) is 1.60. The Hall–Kier alpha value is -1.27. The molecule has 1 amide bonds. The summed E-state index contributed by atoms with van der Waals surface area (Å²) in [5.74, 6) is 2.29. The highest BCUT2D eigenvalue weighted by Crippen LogP contribution is 2.20. The van der Waals surface area contributed by atoms with Crippen molar-refractivity contribution in [3.63, 3.8) is 0 Å². The first-order valence-corrected chi connectivity index (χ1v) is 4.75. The smallest absolute Gasteiger partial charge is 0.262 e. The van der Waals surface area contributed by atoms with Crippen LogP contribution in [0.5, 0.6) is 0 Å². The summed E-state index contributed by atoms with van der Waals surface area (Å²) in [5.41, 5.74) is 1.01. The predicted octanol–water partition coefficient (Wildman–Crippen LogP) is 1.73. The van der Waals surface area contributed by atoms with E-state index in [4.69, 9.17) is 6.42 Å². The van der Waals surface area contributed by atoms with Gasteiger partial charge in [0.1, 0.15) is 0 Å². The van der Waals surface area contributed by atoms with E-state index in [1.165, 1.54) is 11.3 Å². The Morgan fingerprint density at radius 1 is 1.69 bits per heavy atom. The second-order valence-corrected chi connectivity index (χ2v) is 4.01. The van der Waals surface area contributed by atoms with Gasteiger partial charge in [-0.1, -0.05) is 5.92 Å². The number of rotatable bonds is 2. The van der Waals surface area contributed by atoms with Crippen LogP contribution in [0.15, 0.2) is 6.07 Å². The Morgan fingerprint density at radius 2 is 2.38 bits per heavy atom. The van der Waals surface area contributed by atoms with E-state index < -0.39 is 0 Å². The van der Waals surface area contributed by atoms with Crippen LogP contribution in [0.1, 0.15) is 20.1 Å². The molecule has 1 aromatic rings. The fraction of sp³-hybridized carbons (Fsp3) is 0.300. The van der Waals surface area contributed by atoms with Crippen LogP contribution in [0.3, 0.4) is 0 Å². The van der Waals surface area contributed by atoms with Crippen molar-refractivity contribution in [1.82, 2.24) is 5.32 Å². The van der Waals surface area contributed by atoms with Gasteiger partial charge < -0.3 is 5.32 Å². The van der Waals surface area contributed by atoms with E-state index in [1.54, 1.807) is 0 Å². The molecule has 0 fully saturated rings. The van der Waals surface area contributed by atoms with Gasteiger partial charge in [0.2, 0.25) is 0 Å². The van der Waals surface area contributed by atoms with Gasteiger partial charge in [0.15, 0.2) is 0 Å². The van der Waals surface area contributed by atoms with Gasteiger partial charge in [-0.25, -0.2) is 0 Å². The molecule has 1 aromatic heterocycles. The second-order valence-electron chi connectivity index (χ2n) is 2.76. The first-order valence-electron chi connectivity index (χ1n) is 3.94. The first-order chi connectivity index (χ1) is 6.15. The van der Waals surface area contributed by atoms with Crippen molar-refractivity contribution in [3.05, 3.63) is 21.4 Å². The van der Waals surface area contributed by atoms with Crippen LogP contribution in [0, 0.1) is 26.2 Å². The van der Waals surface area contributed by atoms with Crippen LogP contribution in [-0.2, 0) is 0 Å². The molecule has 0 aliphatic carbocycles. The van der Waals surface area contributed by atoms with Crippen molar-refractivity contribution >= 4 is 17.2 Å². The van der Waals surface area contributed by atoms with Crippen LogP contribution in [0.4, 0.5) is 0 Å². The Balaban J connectivity index is 2.78. The van der Waals surface area contributed by atoms with E-state index in [0.29, 0.717) is 0 Å². The normalized spacial score (nSPS) is 9.31. The average molecular weight is 193 g/mol.